The summed E-state index contributed by atoms with van der Waals surface area (Å²) in [7, 11) is 0. The molecule has 0 spiro atoms. The van der Waals surface area contributed by atoms with E-state index >= 15 is 0 Å². The van der Waals surface area contributed by atoms with Crippen molar-refractivity contribution >= 4 is 5.91 Å². The Balaban J connectivity index is 2.30. The summed E-state index contributed by atoms with van der Waals surface area (Å²) < 4.78 is 0. The van der Waals surface area contributed by atoms with E-state index in [1.165, 1.54) is 6.42 Å². The van der Waals surface area contributed by atoms with Gasteiger partial charge in [0.1, 0.15) is 5.82 Å². The van der Waals surface area contributed by atoms with E-state index in [2.05, 4.69) is 9.97 Å². The maximum Gasteiger partial charge on any atom is 0.257 e. The minimum Gasteiger partial charge on any atom is -0.339 e. The molecule has 1 saturated heterocycles. The molecule has 0 radical (unpaired) electrons. The minimum absolute atomic E-state index is 0.0969. The molecule has 0 saturated carbocycles. The summed E-state index contributed by atoms with van der Waals surface area (Å²) in [4.78, 5) is 22.9. The monoisotopic (exact) mass is 233 g/mol. The van der Waals surface area contributed by atoms with Crippen LogP contribution in [0.15, 0.2) is 0 Å². The molecule has 1 fully saturated rings. The topological polar surface area (TPSA) is 46.1 Å². The molecule has 1 aliphatic rings. The first-order chi connectivity index (χ1) is 8.09. The van der Waals surface area contributed by atoms with Crippen molar-refractivity contribution < 1.29 is 4.79 Å². The van der Waals surface area contributed by atoms with Crippen LogP contribution in [0.5, 0.6) is 0 Å². The molecule has 0 atom stereocenters. The van der Waals surface area contributed by atoms with Crippen LogP contribution in [0.25, 0.3) is 0 Å². The van der Waals surface area contributed by atoms with Crippen LogP contribution < -0.4 is 0 Å². The Morgan fingerprint density at radius 3 is 2.06 bits per heavy atom. The van der Waals surface area contributed by atoms with Gasteiger partial charge in [-0.2, -0.15) is 0 Å². The molecule has 4 heteroatoms. The molecule has 0 N–H and O–H groups in total. The second-order valence-electron chi connectivity index (χ2n) is 4.67. The number of piperidine rings is 1. The van der Waals surface area contributed by atoms with Gasteiger partial charge in [-0.15, -0.1) is 0 Å². The van der Waals surface area contributed by atoms with Crippen molar-refractivity contribution in [3.8, 4) is 0 Å². The Bertz CT molecular complexity index is 413. The summed E-state index contributed by atoms with van der Waals surface area (Å²) in [5, 5.41) is 0. The number of rotatable bonds is 1. The zero-order valence-corrected chi connectivity index (χ0v) is 10.8. The Hall–Kier alpha value is -1.45. The highest BCUT2D eigenvalue weighted by atomic mass is 16.2. The van der Waals surface area contributed by atoms with Crippen molar-refractivity contribution in [2.45, 2.75) is 40.0 Å². The molecule has 1 aromatic heterocycles. The summed E-state index contributed by atoms with van der Waals surface area (Å²) in [5.41, 5.74) is 2.29. The van der Waals surface area contributed by atoms with Gasteiger partial charge in [-0.05, 0) is 40.0 Å². The first-order valence-electron chi connectivity index (χ1n) is 6.20. The Morgan fingerprint density at radius 1 is 1.00 bits per heavy atom. The van der Waals surface area contributed by atoms with E-state index in [9.17, 15) is 4.79 Å². The normalized spacial score (nSPS) is 16.1. The third-order valence-electron chi connectivity index (χ3n) is 3.24. The fraction of sp³-hybridized carbons (Fsp3) is 0.615. The summed E-state index contributed by atoms with van der Waals surface area (Å²) >= 11 is 0. The molecule has 4 nitrogen and oxygen atoms in total. The van der Waals surface area contributed by atoms with Crippen LogP contribution in [0.2, 0.25) is 0 Å². The lowest BCUT2D eigenvalue weighted by molar-refractivity contribution is 0.0721. The first kappa shape index (κ1) is 12.0. The third-order valence-corrected chi connectivity index (χ3v) is 3.24. The van der Waals surface area contributed by atoms with Crippen LogP contribution in [0, 0.1) is 20.8 Å². The van der Waals surface area contributed by atoms with Crippen molar-refractivity contribution in [1.29, 1.82) is 0 Å². The molecular weight excluding hydrogens is 214 g/mol. The highest BCUT2D eigenvalue weighted by molar-refractivity contribution is 5.96. The Kier molecular flexibility index (Phi) is 3.41. The van der Waals surface area contributed by atoms with E-state index in [4.69, 9.17) is 0 Å². The molecule has 2 rings (SSSR count). The van der Waals surface area contributed by atoms with Gasteiger partial charge in [0.15, 0.2) is 0 Å². The van der Waals surface area contributed by atoms with Gasteiger partial charge in [0.2, 0.25) is 0 Å². The molecule has 2 heterocycles. The highest BCUT2D eigenvalue weighted by Crippen LogP contribution is 2.17. The molecule has 1 aliphatic heterocycles. The van der Waals surface area contributed by atoms with Gasteiger partial charge in [0, 0.05) is 13.1 Å². The van der Waals surface area contributed by atoms with Gasteiger partial charge in [-0.3, -0.25) is 4.79 Å². The lowest BCUT2D eigenvalue weighted by Crippen LogP contribution is -2.36. The first-order valence-corrected chi connectivity index (χ1v) is 6.20. The van der Waals surface area contributed by atoms with E-state index in [-0.39, 0.29) is 5.91 Å². The fourth-order valence-electron chi connectivity index (χ4n) is 2.45. The number of aromatic nitrogens is 2. The average molecular weight is 233 g/mol. The van der Waals surface area contributed by atoms with Crippen LogP contribution in [-0.4, -0.2) is 33.9 Å². The Morgan fingerprint density at radius 2 is 1.53 bits per heavy atom. The predicted octanol–water partition coefficient (Wildman–Crippen LogP) is 2.03. The minimum atomic E-state index is 0.0969. The molecule has 1 aromatic rings. The number of nitrogens with zero attached hydrogens (tertiary/aromatic N) is 3. The fourth-order valence-corrected chi connectivity index (χ4v) is 2.45. The zero-order chi connectivity index (χ0) is 12.4. The molecule has 92 valence electrons. The maximum atomic E-state index is 12.4. The lowest BCUT2D eigenvalue weighted by Gasteiger charge is -2.27. The number of hydrogen-bond acceptors (Lipinski definition) is 3. The highest BCUT2D eigenvalue weighted by Gasteiger charge is 2.22. The van der Waals surface area contributed by atoms with Crippen molar-refractivity contribution in [2.75, 3.05) is 13.1 Å². The SMILES string of the molecule is Cc1nc(C)c(C(=O)N2CCCCC2)c(C)n1. The van der Waals surface area contributed by atoms with Gasteiger partial charge in [-0.1, -0.05) is 0 Å². The number of aryl methyl sites for hydroxylation is 3. The van der Waals surface area contributed by atoms with Crippen molar-refractivity contribution in [2.24, 2.45) is 0 Å². The number of amides is 1. The van der Waals surface area contributed by atoms with Gasteiger partial charge < -0.3 is 4.90 Å². The zero-order valence-electron chi connectivity index (χ0n) is 10.8. The van der Waals surface area contributed by atoms with E-state index in [0.29, 0.717) is 5.56 Å². The van der Waals surface area contributed by atoms with Crippen LogP contribution in [-0.2, 0) is 0 Å². The molecule has 0 aliphatic carbocycles. The van der Waals surface area contributed by atoms with Crippen LogP contribution in [0.3, 0.4) is 0 Å². The number of carbonyl (C=O) groups is 1. The van der Waals surface area contributed by atoms with Crippen LogP contribution in [0.1, 0.15) is 46.8 Å². The maximum absolute atomic E-state index is 12.4. The van der Waals surface area contributed by atoms with Crippen LogP contribution >= 0.6 is 0 Å². The van der Waals surface area contributed by atoms with Crippen molar-refractivity contribution in [1.82, 2.24) is 14.9 Å². The van der Waals surface area contributed by atoms with E-state index < -0.39 is 0 Å². The van der Waals surface area contributed by atoms with E-state index in [1.54, 1.807) is 0 Å². The van der Waals surface area contributed by atoms with E-state index in [0.717, 1.165) is 43.1 Å². The van der Waals surface area contributed by atoms with Gasteiger partial charge >= 0.3 is 0 Å². The van der Waals surface area contributed by atoms with Gasteiger partial charge in [-0.25, -0.2) is 9.97 Å². The largest absolute Gasteiger partial charge is 0.339 e. The standard InChI is InChI=1S/C13H19N3O/c1-9-12(10(2)15-11(3)14-9)13(17)16-7-5-4-6-8-16/h4-8H2,1-3H3. The average Bonchev–Trinajstić information content (AvgIpc) is 2.28. The number of hydrogen-bond donors (Lipinski definition) is 0. The van der Waals surface area contributed by atoms with Crippen LogP contribution in [0.4, 0.5) is 0 Å². The molecular formula is C13H19N3O. The number of likely N-dealkylation sites (tertiary alicyclic amines) is 1. The molecule has 0 unspecified atom stereocenters. The molecule has 17 heavy (non-hydrogen) atoms. The van der Waals surface area contributed by atoms with Crippen molar-refractivity contribution in [3.05, 3.63) is 22.8 Å². The van der Waals surface area contributed by atoms with Crippen molar-refractivity contribution in [3.63, 3.8) is 0 Å². The van der Waals surface area contributed by atoms with Gasteiger partial charge in [0.05, 0.1) is 17.0 Å². The predicted molar refractivity (Wildman–Crippen MR) is 66.0 cm³/mol. The molecule has 0 aromatic carbocycles. The third kappa shape index (κ3) is 2.46. The second-order valence-corrected chi connectivity index (χ2v) is 4.67. The van der Waals surface area contributed by atoms with Gasteiger partial charge in [0.25, 0.3) is 5.91 Å². The summed E-state index contributed by atoms with van der Waals surface area (Å²) in [5.74, 6) is 0.829. The van der Waals surface area contributed by atoms with E-state index in [1.807, 2.05) is 25.7 Å². The summed E-state index contributed by atoms with van der Waals surface area (Å²) in [6, 6.07) is 0. The quantitative estimate of drug-likeness (QED) is 0.745. The second kappa shape index (κ2) is 4.82. The summed E-state index contributed by atoms with van der Waals surface area (Å²) in [6.45, 7) is 7.37. The lowest BCUT2D eigenvalue weighted by atomic mass is 10.1. The smallest absolute Gasteiger partial charge is 0.257 e. The molecule has 0 bridgehead atoms. The Labute approximate surface area is 102 Å². The summed E-state index contributed by atoms with van der Waals surface area (Å²) in [6.07, 6.45) is 3.44. The molecule has 1 amide bonds. The number of carbonyl (C=O) groups excluding carboxylic acids is 1.